The van der Waals surface area contributed by atoms with E-state index < -0.39 is 0 Å². The Morgan fingerprint density at radius 1 is 1.33 bits per heavy atom. The molecule has 0 bridgehead atoms. The summed E-state index contributed by atoms with van der Waals surface area (Å²) in [5.41, 5.74) is 2.82. The number of hydrogen-bond acceptors (Lipinski definition) is 2. The van der Waals surface area contributed by atoms with Crippen molar-refractivity contribution in [1.29, 1.82) is 0 Å². The molecule has 0 aromatic carbocycles. The van der Waals surface area contributed by atoms with Crippen molar-refractivity contribution in [1.82, 2.24) is 9.88 Å². The van der Waals surface area contributed by atoms with Gasteiger partial charge in [-0.25, -0.2) is 0 Å². The Morgan fingerprint density at radius 3 is 2.94 bits per heavy atom. The number of hydrogen-bond donors (Lipinski definition) is 1. The molecule has 2 rings (SSSR count). The molecule has 2 aromatic rings. The topological polar surface area (TPSA) is 17.0 Å². The Labute approximate surface area is 114 Å². The third-order valence-corrected chi connectivity index (χ3v) is 3.74. The second kappa shape index (κ2) is 6.76. The minimum atomic E-state index is 0.708. The minimum absolute atomic E-state index is 0.708. The van der Waals surface area contributed by atoms with Crippen LogP contribution in [0.5, 0.6) is 0 Å². The van der Waals surface area contributed by atoms with Crippen LogP contribution in [0.3, 0.4) is 0 Å². The van der Waals surface area contributed by atoms with E-state index in [0.717, 1.165) is 26.1 Å². The number of aryl methyl sites for hydroxylation is 2. The van der Waals surface area contributed by atoms with Gasteiger partial charge in [0.25, 0.3) is 0 Å². The molecule has 0 saturated carbocycles. The summed E-state index contributed by atoms with van der Waals surface area (Å²) < 4.78 is 2.35. The lowest BCUT2D eigenvalue weighted by molar-refractivity contribution is 0.534. The molecule has 0 saturated heterocycles. The van der Waals surface area contributed by atoms with Crippen LogP contribution in [0.15, 0.2) is 35.2 Å². The molecule has 2 heterocycles. The number of thiophene rings is 1. The molecule has 1 N–H and O–H groups in total. The third-order valence-electron chi connectivity index (χ3n) is 3.00. The maximum Gasteiger partial charge on any atom is 0.0359 e. The second-order valence-electron chi connectivity index (χ2n) is 5.10. The molecular weight excluding hydrogens is 240 g/mol. The highest BCUT2D eigenvalue weighted by molar-refractivity contribution is 7.07. The predicted molar refractivity (Wildman–Crippen MR) is 79.0 cm³/mol. The molecule has 0 aliphatic rings. The van der Waals surface area contributed by atoms with E-state index in [-0.39, 0.29) is 0 Å². The van der Waals surface area contributed by atoms with Gasteiger partial charge in [0.15, 0.2) is 0 Å². The Hall–Kier alpha value is -1.06. The Balaban J connectivity index is 1.83. The monoisotopic (exact) mass is 262 g/mol. The van der Waals surface area contributed by atoms with Crippen LogP contribution in [0.4, 0.5) is 0 Å². The fourth-order valence-electron chi connectivity index (χ4n) is 2.00. The van der Waals surface area contributed by atoms with Crippen LogP contribution in [0.2, 0.25) is 0 Å². The molecule has 0 unspecified atom stereocenters. The van der Waals surface area contributed by atoms with Crippen LogP contribution in [-0.2, 0) is 19.5 Å². The van der Waals surface area contributed by atoms with Crippen molar-refractivity contribution >= 4 is 11.3 Å². The van der Waals surface area contributed by atoms with Crippen LogP contribution in [-0.4, -0.2) is 11.1 Å². The van der Waals surface area contributed by atoms with Crippen molar-refractivity contribution in [3.8, 4) is 0 Å². The molecule has 0 radical (unpaired) electrons. The summed E-state index contributed by atoms with van der Waals surface area (Å²) in [4.78, 5) is 0. The predicted octanol–water partition coefficient (Wildman–Crippen LogP) is 3.54. The summed E-state index contributed by atoms with van der Waals surface area (Å²) in [6.07, 6.45) is 3.30. The number of aromatic nitrogens is 1. The Bertz CT molecular complexity index is 443. The summed E-state index contributed by atoms with van der Waals surface area (Å²) in [5, 5.41) is 7.89. The lowest BCUT2D eigenvalue weighted by atomic mass is 10.2. The summed E-state index contributed by atoms with van der Waals surface area (Å²) in [6, 6.07) is 6.56. The zero-order valence-electron chi connectivity index (χ0n) is 11.2. The van der Waals surface area contributed by atoms with Crippen molar-refractivity contribution in [2.75, 3.05) is 6.54 Å². The second-order valence-corrected chi connectivity index (χ2v) is 5.88. The average molecular weight is 262 g/mol. The fraction of sp³-hybridized carbons (Fsp3) is 0.467. The van der Waals surface area contributed by atoms with Crippen molar-refractivity contribution in [3.05, 3.63) is 46.4 Å². The van der Waals surface area contributed by atoms with E-state index in [4.69, 9.17) is 0 Å². The molecular formula is C15H22N2S. The quantitative estimate of drug-likeness (QED) is 0.807. The maximum atomic E-state index is 3.50. The Morgan fingerprint density at radius 2 is 2.22 bits per heavy atom. The van der Waals surface area contributed by atoms with Gasteiger partial charge >= 0.3 is 0 Å². The summed E-state index contributed by atoms with van der Waals surface area (Å²) in [6.45, 7) is 7.60. The first-order valence-corrected chi connectivity index (χ1v) is 7.56. The number of rotatable bonds is 7. The number of nitrogens with one attached hydrogen (secondary N) is 1. The largest absolute Gasteiger partial charge is 0.350 e. The van der Waals surface area contributed by atoms with Crippen molar-refractivity contribution < 1.29 is 0 Å². The zero-order valence-corrected chi connectivity index (χ0v) is 12.0. The van der Waals surface area contributed by atoms with Gasteiger partial charge in [-0.1, -0.05) is 13.8 Å². The highest BCUT2D eigenvalue weighted by Gasteiger charge is 2.02. The van der Waals surface area contributed by atoms with Gasteiger partial charge in [0, 0.05) is 25.0 Å². The van der Waals surface area contributed by atoms with Gasteiger partial charge in [-0.3, -0.25) is 0 Å². The van der Waals surface area contributed by atoms with Gasteiger partial charge in [-0.2, -0.15) is 11.3 Å². The van der Waals surface area contributed by atoms with Crippen LogP contribution < -0.4 is 5.32 Å². The van der Waals surface area contributed by atoms with Gasteiger partial charge in [0.05, 0.1) is 0 Å². The summed E-state index contributed by atoms with van der Waals surface area (Å²) in [7, 11) is 0. The average Bonchev–Trinajstić information content (AvgIpc) is 2.96. The molecule has 3 heteroatoms. The Kier molecular flexibility index (Phi) is 5.02. The minimum Gasteiger partial charge on any atom is -0.350 e. The molecule has 98 valence electrons. The van der Waals surface area contributed by atoms with E-state index in [9.17, 15) is 0 Å². The van der Waals surface area contributed by atoms with Gasteiger partial charge in [-0.15, -0.1) is 0 Å². The van der Waals surface area contributed by atoms with Gasteiger partial charge in [0.1, 0.15) is 0 Å². The standard InChI is InChI=1S/C15H22N2S/c1-13(2)10-16-11-15-4-3-7-17(15)8-5-14-6-9-18-12-14/h3-4,6-7,9,12-13,16H,5,8,10-11H2,1-2H3. The van der Waals surface area contributed by atoms with Crippen LogP contribution >= 0.6 is 11.3 Å². The maximum absolute atomic E-state index is 3.50. The van der Waals surface area contributed by atoms with E-state index in [2.05, 4.69) is 58.9 Å². The molecule has 2 nitrogen and oxygen atoms in total. The third kappa shape index (κ3) is 4.00. The first-order valence-electron chi connectivity index (χ1n) is 6.61. The van der Waals surface area contributed by atoms with E-state index in [1.54, 1.807) is 11.3 Å². The highest BCUT2D eigenvalue weighted by Crippen LogP contribution is 2.09. The molecule has 0 aliphatic carbocycles. The van der Waals surface area contributed by atoms with E-state index >= 15 is 0 Å². The molecule has 0 atom stereocenters. The summed E-state index contributed by atoms with van der Waals surface area (Å²) in [5.74, 6) is 0.708. The van der Waals surface area contributed by atoms with Gasteiger partial charge in [0.2, 0.25) is 0 Å². The zero-order chi connectivity index (χ0) is 12.8. The lowest BCUT2D eigenvalue weighted by Crippen LogP contribution is -2.21. The molecule has 0 amide bonds. The smallest absolute Gasteiger partial charge is 0.0359 e. The molecule has 0 spiro atoms. The first-order chi connectivity index (χ1) is 8.75. The SMILES string of the molecule is CC(C)CNCc1cccn1CCc1ccsc1. The molecule has 2 aromatic heterocycles. The van der Waals surface area contributed by atoms with Crippen LogP contribution in [0, 0.1) is 5.92 Å². The highest BCUT2D eigenvalue weighted by atomic mass is 32.1. The number of nitrogens with zero attached hydrogens (tertiary/aromatic N) is 1. The van der Waals surface area contributed by atoms with Gasteiger partial charge < -0.3 is 9.88 Å². The first kappa shape index (κ1) is 13.4. The van der Waals surface area contributed by atoms with E-state index in [1.165, 1.54) is 11.3 Å². The molecule has 0 fully saturated rings. The van der Waals surface area contributed by atoms with Crippen LogP contribution in [0.1, 0.15) is 25.1 Å². The summed E-state index contributed by atoms with van der Waals surface area (Å²) >= 11 is 1.78. The van der Waals surface area contributed by atoms with Gasteiger partial charge in [-0.05, 0) is 53.4 Å². The molecule has 18 heavy (non-hydrogen) atoms. The fourth-order valence-corrected chi connectivity index (χ4v) is 2.70. The lowest BCUT2D eigenvalue weighted by Gasteiger charge is -2.11. The van der Waals surface area contributed by atoms with E-state index in [0.29, 0.717) is 5.92 Å². The van der Waals surface area contributed by atoms with Crippen molar-refractivity contribution in [2.45, 2.75) is 33.4 Å². The van der Waals surface area contributed by atoms with Crippen molar-refractivity contribution in [2.24, 2.45) is 5.92 Å². The normalized spacial score (nSPS) is 11.3. The van der Waals surface area contributed by atoms with Crippen molar-refractivity contribution in [3.63, 3.8) is 0 Å². The van der Waals surface area contributed by atoms with E-state index in [1.807, 2.05) is 0 Å². The molecule has 0 aliphatic heterocycles. The van der Waals surface area contributed by atoms with Crippen LogP contribution in [0.25, 0.3) is 0 Å².